The first-order valence-corrected chi connectivity index (χ1v) is 7.64. The largest absolute Gasteiger partial charge is 0.465 e. The Labute approximate surface area is 144 Å². The van der Waals surface area contributed by atoms with Gasteiger partial charge in [0.2, 0.25) is 0 Å². The molecule has 25 heavy (non-hydrogen) atoms. The number of carbonyl (C=O) groups is 2. The quantitative estimate of drug-likeness (QED) is 0.722. The van der Waals surface area contributed by atoms with Crippen LogP contribution in [0.4, 0.5) is 0 Å². The van der Waals surface area contributed by atoms with Crippen molar-refractivity contribution >= 4 is 11.9 Å². The third-order valence-electron chi connectivity index (χ3n) is 3.79. The van der Waals surface area contributed by atoms with E-state index in [1.807, 2.05) is 42.0 Å². The maximum Gasteiger partial charge on any atom is 0.341 e. The van der Waals surface area contributed by atoms with Crippen LogP contribution in [0.1, 0.15) is 39.4 Å². The van der Waals surface area contributed by atoms with Crippen molar-refractivity contribution in [3.63, 3.8) is 0 Å². The molecule has 3 aromatic rings. The Morgan fingerprint density at radius 2 is 2.04 bits per heavy atom. The van der Waals surface area contributed by atoms with Crippen molar-refractivity contribution in [3.05, 3.63) is 72.2 Å². The second-order valence-electron chi connectivity index (χ2n) is 5.45. The molecule has 128 valence electrons. The standard InChI is InChI=1S/C18H17N3O4/c1-12(13-3-5-15(6-4-13)21-8-7-19-11-21)20-17(22)16-9-14(10-25-16)18(23)24-2/h3-12H,1-2H3,(H,20,22). The molecule has 2 heterocycles. The fraction of sp³-hybridized carbons (Fsp3) is 0.167. The molecule has 1 N–H and O–H groups in total. The van der Waals surface area contributed by atoms with Gasteiger partial charge in [0, 0.05) is 24.1 Å². The summed E-state index contributed by atoms with van der Waals surface area (Å²) in [6.45, 7) is 1.87. The highest BCUT2D eigenvalue weighted by molar-refractivity contribution is 5.96. The molecule has 1 unspecified atom stereocenters. The summed E-state index contributed by atoms with van der Waals surface area (Å²) in [7, 11) is 1.27. The van der Waals surface area contributed by atoms with Crippen LogP contribution in [0.15, 0.2) is 59.7 Å². The van der Waals surface area contributed by atoms with Crippen molar-refractivity contribution in [2.24, 2.45) is 0 Å². The van der Waals surface area contributed by atoms with E-state index in [2.05, 4.69) is 15.0 Å². The zero-order valence-electron chi connectivity index (χ0n) is 13.8. The van der Waals surface area contributed by atoms with Gasteiger partial charge in [-0.2, -0.15) is 0 Å². The summed E-state index contributed by atoms with van der Waals surface area (Å²) in [5.74, 6) is -0.894. The van der Waals surface area contributed by atoms with Crippen LogP contribution in [0.5, 0.6) is 0 Å². The SMILES string of the molecule is COC(=O)c1coc(C(=O)NC(C)c2ccc(-n3ccnc3)cc2)c1. The number of nitrogens with one attached hydrogen (secondary N) is 1. The molecule has 0 aliphatic heterocycles. The maximum atomic E-state index is 12.2. The number of carbonyl (C=O) groups excluding carboxylic acids is 2. The molecule has 0 spiro atoms. The fourth-order valence-corrected chi connectivity index (χ4v) is 2.38. The van der Waals surface area contributed by atoms with Crippen LogP contribution in [0.2, 0.25) is 0 Å². The van der Waals surface area contributed by atoms with Gasteiger partial charge in [0.05, 0.1) is 25.0 Å². The minimum Gasteiger partial charge on any atom is -0.465 e. The number of aromatic nitrogens is 2. The van der Waals surface area contributed by atoms with E-state index in [9.17, 15) is 9.59 Å². The first kappa shape index (κ1) is 16.5. The minimum absolute atomic E-state index is 0.0577. The summed E-state index contributed by atoms with van der Waals surface area (Å²) in [6.07, 6.45) is 6.49. The number of benzene rings is 1. The van der Waals surface area contributed by atoms with Crippen LogP contribution in [0.3, 0.4) is 0 Å². The highest BCUT2D eigenvalue weighted by Crippen LogP contribution is 2.17. The number of hydrogen-bond acceptors (Lipinski definition) is 5. The summed E-state index contributed by atoms with van der Waals surface area (Å²) in [5.41, 5.74) is 2.12. The molecule has 0 saturated heterocycles. The highest BCUT2D eigenvalue weighted by Gasteiger charge is 2.18. The maximum absolute atomic E-state index is 12.2. The number of imidazole rings is 1. The zero-order valence-corrected chi connectivity index (χ0v) is 13.8. The summed E-state index contributed by atoms with van der Waals surface area (Å²) in [5, 5.41) is 2.83. The van der Waals surface area contributed by atoms with Gasteiger partial charge in [0.25, 0.3) is 5.91 Å². The summed E-state index contributed by atoms with van der Waals surface area (Å²) >= 11 is 0. The van der Waals surface area contributed by atoms with Gasteiger partial charge in [-0.05, 0) is 24.6 Å². The molecule has 0 bridgehead atoms. The molecule has 1 atom stereocenters. The van der Waals surface area contributed by atoms with E-state index >= 15 is 0 Å². The smallest absolute Gasteiger partial charge is 0.341 e. The zero-order chi connectivity index (χ0) is 17.8. The van der Waals surface area contributed by atoms with E-state index in [1.165, 1.54) is 19.4 Å². The van der Waals surface area contributed by atoms with Gasteiger partial charge in [-0.3, -0.25) is 4.79 Å². The number of nitrogens with zero attached hydrogens (tertiary/aromatic N) is 2. The number of ether oxygens (including phenoxy) is 1. The van der Waals surface area contributed by atoms with Crippen molar-refractivity contribution in [3.8, 4) is 5.69 Å². The molecular weight excluding hydrogens is 322 g/mol. The number of rotatable bonds is 5. The number of amides is 1. The van der Waals surface area contributed by atoms with Gasteiger partial charge in [0.15, 0.2) is 5.76 Å². The van der Waals surface area contributed by atoms with E-state index < -0.39 is 11.9 Å². The lowest BCUT2D eigenvalue weighted by molar-refractivity contribution is 0.0599. The van der Waals surface area contributed by atoms with Gasteiger partial charge in [-0.15, -0.1) is 0 Å². The lowest BCUT2D eigenvalue weighted by Crippen LogP contribution is -2.26. The molecule has 0 aliphatic carbocycles. The van der Waals surface area contributed by atoms with E-state index in [4.69, 9.17) is 4.42 Å². The average molecular weight is 339 g/mol. The number of hydrogen-bond donors (Lipinski definition) is 1. The Balaban J connectivity index is 1.67. The summed E-state index contributed by atoms with van der Waals surface area (Å²) in [4.78, 5) is 27.7. The van der Waals surface area contributed by atoms with E-state index in [0.29, 0.717) is 0 Å². The first-order valence-electron chi connectivity index (χ1n) is 7.64. The van der Waals surface area contributed by atoms with Crippen molar-refractivity contribution < 1.29 is 18.7 Å². The molecule has 0 saturated carbocycles. The highest BCUT2D eigenvalue weighted by atomic mass is 16.5. The van der Waals surface area contributed by atoms with Gasteiger partial charge in [0.1, 0.15) is 6.26 Å². The molecule has 0 fully saturated rings. The molecule has 7 heteroatoms. The van der Waals surface area contributed by atoms with Crippen LogP contribution in [0.25, 0.3) is 5.69 Å². The van der Waals surface area contributed by atoms with E-state index in [0.717, 1.165) is 11.3 Å². The lowest BCUT2D eigenvalue weighted by atomic mass is 10.1. The summed E-state index contributed by atoms with van der Waals surface area (Å²) in [6, 6.07) is 8.89. The second-order valence-corrected chi connectivity index (χ2v) is 5.45. The van der Waals surface area contributed by atoms with Crippen molar-refractivity contribution in [1.82, 2.24) is 14.9 Å². The van der Waals surface area contributed by atoms with Crippen LogP contribution in [-0.4, -0.2) is 28.5 Å². The van der Waals surface area contributed by atoms with Crippen LogP contribution >= 0.6 is 0 Å². The first-order chi connectivity index (χ1) is 12.1. The number of furan rings is 1. The molecule has 3 rings (SSSR count). The van der Waals surface area contributed by atoms with Gasteiger partial charge in [-0.25, -0.2) is 9.78 Å². The Kier molecular flexibility index (Phi) is 4.65. The fourth-order valence-electron chi connectivity index (χ4n) is 2.38. The Hall–Kier alpha value is -3.35. The van der Waals surface area contributed by atoms with E-state index in [1.54, 1.807) is 12.5 Å². The van der Waals surface area contributed by atoms with Gasteiger partial charge in [-0.1, -0.05) is 12.1 Å². The normalized spacial score (nSPS) is 11.8. The molecule has 1 amide bonds. The monoisotopic (exact) mass is 339 g/mol. The Morgan fingerprint density at radius 3 is 2.68 bits per heavy atom. The second kappa shape index (κ2) is 7.04. The predicted molar refractivity (Wildman–Crippen MR) is 89.5 cm³/mol. The number of methoxy groups -OCH3 is 1. The lowest BCUT2D eigenvalue weighted by Gasteiger charge is -2.14. The van der Waals surface area contributed by atoms with Crippen LogP contribution in [0, 0.1) is 0 Å². The van der Waals surface area contributed by atoms with Crippen molar-refractivity contribution in [2.75, 3.05) is 7.11 Å². The molecule has 7 nitrogen and oxygen atoms in total. The number of esters is 1. The molecule has 2 aromatic heterocycles. The van der Waals surface area contributed by atoms with E-state index in [-0.39, 0.29) is 17.4 Å². The average Bonchev–Trinajstić information content (AvgIpc) is 3.33. The van der Waals surface area contributed by atoms with Crippen molar-refractivity contribution in [1.29, 1.82) is 0 Å². The third kappa shape index (κ3) is 3.60. The van der Waals surface area contributed by atoms with Crippen LogP contribution in [-0.2, 0) is 4.74 Å². The van der Waals surface area contributed by atoms with Gasteiger partial charge < -0.3 is 19.0 Å². The summed E-state index contributed by atoms with van der Waals surface area (Å²) < 4.78 is 11.6. The molecular formula is C18H17N3O4. The molecule has 0 radical (unpaired) electrons. The molecule has 1 aromatic carbocycles. The third-order valence-corrected chi connectivity index (χ3v) is 3.79. The topological polar surface area (TPSA) is 86.4 Å². The van der Waals surface area contributed by atoms with Gasteiger partial charge >= 0.3 is 5.97 Å². The van der Waals surface area contributed by atoms with Crippen molar-refractivity contribution in [2.45, 2.75) is 13.0 Å². The minimum atomic E-state index is -0.550. The predicted octanol–water partition coefficient (Wildman–Crippen LogP) is 2.74. The Bertz CT molecular complexity index is 866. The molecule has 0 aliphatic rings. The van der Waals surface area contributed by atoms with Crippen LogP contribution < -0.4 is 5.32 Å². The Morgan fingerprint density at radius 1 is 1.28 bits per heavy atom.